The van der Waals surface area contributed by atoms with Crippen LogP contribution >= 0.6 is 0 Å². The lowest BCUT2D eigenvalue weighted by Crippen LogP contribution is -2.00. The van der Waals surface area contributed by atoms with Gasteiger partial charge in [0.15, 0.2) is 5.82 Å². The Morgan fingerprint density at radius 3 is 2.68 bits per heavy atom. The van der Waals surface area contributed by atoms with Crippen LogP contribution in [0, 0.1) is 0 Å². The Balaban J connectivity index is 1.71. The molecule has 0 fully saturated rings. The van der Waals surface area contributed by atoms with Crippen LogP contribution in [-0.2, 0) is 0 Å². The maximum Gasteiger partial charge on any atom is 0.163 e. The minimum Gasteiger partial charge on any atom is -0.464 e. The van der Waals surface area contributed by atoms with Gasteiger partial charge in [-0.2, -0.15) is 0 Å². The maximum absolute atomic E-state index is 5.63. The quantitative estimate of drug-likeness (QED) is 0.415. The van der Waals surface area contributed by atoms with Crippen LogP contribution in [0.3, 0.4) is 0 Å². The number of fused-ring (bicyclic) bond motifs is 5. The van der Waals surface area contributed by atoms with Crippen LogP contribution in [0.15, 0.2) is 89.9 Å². The van der Waals surface area contributed by atoms with Gasteiger partial charge in [0.25, 0.3) is 0 Å². The minimum absolute atomic E-state index is 0.654. The van der Waals surface area contributed by atoms with Crippen LogP contribution in [0.4, 0.5) is 0 Å². The first-order chi connectivity index (χ1) is 13.9. The standard InChI is InChI=1S/C23H14N4O/c1-2-6-18-16(5-1)22-17-10-13-28-20(17)8-7-19(22)27(18)21-9-12-25-23(26-21)15-4-3-11-24-14-15/h1-14H. The highest BCUT2D eigenvalue weighted by molar-refractivity contribution is 6.20. The zero-order chi connectivity index (χ0) is 18.5. The minimum atomic E-state index is 0.654. The van der Waals surface area contributed by atoms with Crippen LogP contribution < -0.4 is 0 Å². The number of benzene rings is 2. The number of aromatic nitrogens is 4. The average molecular weight is 362 g/mol. The summed E-state index contributed by atoms with van der Waals surface area (Å²) in [5.41, 5.74) is 3.96. The molecule has 0 bridgehead atoms. The molecule has 0 spiro atoms. The van der Waals surface area contributed by atoms with Crippen molar-refractivity contribution in [1.82, 2.24) is 19.5 Å². The number of hydrogen-bond acceptors (Lipinski definition) is 4. The van der Waals surface area contributed by atoms with E-state index in [2.05, 4.69) is 38.8 Å². The number of para-hydroxylation sites is 1. The van der Waals surface area contributed by atoms with Gasteiger partial charge in [0, 0.05) is 40.3 Å². The van der Waals surface area contributed by atoms with E-state index in [0.29, 0.717) is 5.82 Å². The van der Waals surface area contributed by atoms with Gasteiger partial charge in [-0.05, 0) is 42.5 Å². The largest absolute Gasteiger partial charge is 0.464 e. The Hall–Kier alpha value is -3.99. The number of rotatable bonds is 2. The van der Waals surface area contributed by atoms with E-state index < -0.39 is 0 Å². The third-order valence-corrected chi connectivity index (χ3v) is 5.06. The molecule has 0 radical (unpaired) electrons. The van der Waals surface area contributed by atoms with E-state index in [0.717, 1.165) is 33.4 Å². The number of pyridine rings is 1. The van der Waals surface area contributed by atoms with Crippen molar-refractivity contribution in [2.24, 2.45) is 0 Å². The molecule has 0 aliphatic carbocycles. The van der Waals surface area contributed by atoms with E-state index in [1.165, 1.54) is 10.8 Å². The third kappa shape index (κ3) is 2.10. The summed E-state index contributed by atoms with van der Waals surface area (Å²) in [5.74, 6) is 1.48. The molecule has 4 heterocycles. The Labute approximate surface area is 159 Å². The second kappa shape index (κ2) is 5.76. The van der Waals surface area contributed by atoms with Crippen molar-refractivity contribution in [3.63, 3.8) is 0 Å². The van der Waals surface area contributed by atoms with Crippen molar-refractivity contribution in [1.29, 1.82) is 0 Å². The molecule has 6 aromatic rings. The molecule has 5 nitrogen and oxygen atoms in total. The highest BCUT2D eigenvalue weighted by atomic mass is 16.3. The lowest BCUT2D eigenvalue weighted by molar-refractivity contribution is 0.616. The molecular weight excluding hydrogens is 348 g/mol. The first-order valence-electron chi connectivity index (χ1n) is 9.03. The van der Waals surface area contributed by atoms with Crippen LogP contribution in [0.5, 0.6) is 0 Å². The summed E-state index contributed by atoms with van der Waals surface area (Å²) in [6, 6.07) is 20.3. The number of furan rings is 1. The Bertz CT molecular complexity index is 1460. The van der Waals surface area contributed by atoms with E-state index in [1.807, 2.05) is 36.4 Å². The molecule has 5 heteroatoms. The van der Waals surface area contributed by atoms with Gasteiger partial charge in [-0.3, -0.25) is 9.55 Å². The molecule has 0 atom stereocenters. The molecule has 6 rings (SSSR count). The second-order valence-corrected chi connectivity index (χ2v) is 6.62. The van der Waals surface area contributed by atoms with E-state index >= 15 is 0 Å². The number of hydrogen-bond donors (Lipinski definition) is 0. The lowest BCUT2D eigenvalue weighted by Gasteiger charge is -2.08. The van der Waals surface area contributed by atoms with Crippen LogP contribution in [0.25, 0.3) is 50.0 Å². The Kier molecular flexibility index (Phi) is 3.10. The molecule has 4 aromatic heterocycles. The summed E-state index contributed by atoms with van der Waals surface area (Å²) >= 11 is 0. The summed E-state index contributed by atoms with van der Waals surface area (Å²) < 4.78 is 7.80. The fraction of sp³-hybridized carbons (Fsp3) is 0. The molecular formula is C23H14N4O. The molecule has 132 valence electrons. The topological polar surface area (TPSA) is 56.7 Å². The molecule has 2 aromatic carbocycles. The Morgan fingerprint density at radius 1 is 0.786 bits per heavy atom. The summed E-state index contributed by atoms with van der Waals surface area (Å²) in [7, 11) is 0. The zero-order valence-corrected chi connectivity index (χ0v) is 14.8. The third-order valence-electron chi connectivity index (χ3n) is 5.06. The molecule has 0 saturated heterocycles. The van der Waals surface area contributed by atoms with Crippen molar-refractivity contribution >= 4 is 32.8 Å². The molecule has 0 aliphatic heterocycles. The van der Waals surface area contributed by atoms with Crippen LogP contribution in [0.1, 0.15) is 0 Å². The van der Waals surface area contributed by atoms with Gasteiger partial charge in [-0.25, -0.2) is 9.97 Å². The highest BCUT2D eigenvalue weighted by Gasteiger charge is 2.16. The van der Waals surface area contributed by atoms with Crippen LogP contribution in [0.2, 0.25) is 0 Å². The van der Waals surface area contributed by atoms with Crippen molar-refractivity contribution in [3.05, 3.63) is 85.5 Å². The molecule has 0 aliphatic rings. The van der Waals surface area contributed by atoms with Crippen LogP contribution in [-0.4, -0.2) is 19.5 Å². The van der Waals surface area contributed by atoms with Gasteiger partial charge >= 0.3 is 0 Å². The van der Waals surface area contributed by atoms with Gasteiger partial charge in [0.05, 0.1) is 17.3 Å². The highest BCUT2D eigenvalue weighted by Crippen LogP contribution is 2.36. The summed E-state index contributed by atoms with van der Waals surface area (Å²) in [5, 5.41) is 3.45. The number of nitrogens with zero attached hydrogens (tertiary/aromatic N) is 4. The summed E-state index contributed by atoms with van der Waals surface area (Å²) in [6.07, 6.45) is 7.06. The molecule has 28 heavy (non-hydrogen) atoms. The van der Waals surface area contributed by atoms with Gasteiger partial charge in [-0.15, -0.1) is 0 Å². The van der Waals surface area contributed by atoms with E-state index in [1.54, 1.807) is 24.9 Å². The van der Waals surface area contributed by atoms with E-state index in [-0.39, 0.29) is 0 Å². The van der Waals surface area contributed by atoms with E-state index in [9.17, 15) is 0 Å². The summed E-state index contributed by atoms with van der Waals surface area (Å²) in [4.78, 5) is 13.5. The van der Waals surface area contributed by atoms with Gasteiger partial charge < -0.3 is 4.42 Å². The fourth-order valence-corrected chi connectivity index (χ4v) is 3.87. The molecule has 0 saturated carbocycles. The second-order valence-electron chi connectivity index (χ2n) is 6.62. The van der Waals surface area contributed by atoms with Crippen molar-refractivity contribution in [3.8, 4) is 17.2 Å². The fourth-order valence-electron chi connectivity index (χ4n) is 3.87. The van der Waals surface area contributed by atoms with Crippen molar-refractivity contribution in [2.45, 2.75) is 0 Å². The molecule has 0 N–H and O–H groups in total. The zero-order valence-electron chi connectivity index (χ0n) is 14.8. The average Bonchev–Trinajstić information content (AvgIpc) is 3.36. The van der Waals surface area contributed by atoms with Gasteiger partial charge in [0.1, 0.15) is 11.4 Å². The van der Waals surface area contributed by atoms with Gasteiger partial charge in [0.2, 0.25) is 0 Å². The smallest absolute Gasteiger partial charge is 0.163 e. The predicted octanol–water partition coefficient (Wildman–Crippen LogP) is 5.38. The maximum atomic E-state index is 5.63. The monoisotopic (exact) mass is 362 g/mol. The SMILES string of the molecule is c1cncc(-c2nccc(-n3c4ccccc4c4c5ccoc5ccc43)n2)c1. The molecule has 0 unspecified atom stereocenters. The van der Waals surface area contributed by atoms with Crippen molar-refractivity contribution in [2.75, 3.05) is 0 Å². The van der Waals surface area contributed by atoms with Crippen molar-refractivity contribution < 1.29 is 4.42 Å². The normalized spacial score (nSPS) is 11.6. The Morgan fingerprint density at radius 2 is 1.75 bits per heavy atom. The first-order valence-corrected chi connectivity index (χ1v) is 9.03. The first kappa shape index (κ1) is 15.1. The van der Waals surface area contributed by atoms with Gasteiger partial charge in [-0.1, -0.05) is 18.2 Å². The molecule has 0 amide bonds. The van der Waals surface area contributed by atoms with E-state index in [4.69, 9.17) is 9.40 Å². The predicted molar refractivity (Wildman–Crippen MR) is 109 cm³/mol. The summed E-state index contributed by atoms with van der Waals surface area (Å²) in [6.45, 7) is 0. The lowest BCUT2D eigenvalue weighted by atomic mass is 10.1.